The van der Waals surface area contributed by atoms with Crippen molar-refractivity contribution in [2.75, 3.05) is 6.54 Å². The molecule has 1 aromatic rings. The first-order valence-corrected chi connectivity index (χ1v) is 6.90. The minimum atomic E-state index is -0.940. The van der Waals surface area contributed by atoms with Crippen LogP contribution < -0.4 is 0 Å². The van der Waals surface area contributed by atoms with Gasteiger partial charge in [-0.3, -0.25) is 9.89 Å². The molecule has 2 rings (SSSR count). The molecule has 0 aromatic carbocycles. The number of aromatic nitrogens is 2. The number of carboxylic acids is 1. The molecular weight excluding hydrogens is 258 g/mol. The zero-order valence-electron chi connectivity index (χ0n) is 12.1. The summed E-state index contributed by atoms with van der Waals surface area (Å²) in [5.74, 6) is -1.24. The molecule has 0 saturated carbocycles. The van der Waals surface area contributed by atoms with Crippen LogP contribution in [-0.2, 0) is 10.2 Å². The number of aromatic amines is 1. The van der Waals surface area contributed by atoms with E-state index < -0.39 is 12.0 Å². The first kappa shape index (κ1) is 14.6. The average molecular weight is 279 g/mol. The highest BCUT2D eigenvalue weighted by Crippen LogP contribution is 2.23. The van der Waals surface area contributed by atoms with Crippen molar-refractivity contribution in [2.24, 2.45) is 0 Å². The van der Waals surface area contributed by atoms with Gasteiger partial charge in [0.1, 0.15) is 11.7 Å². The van der Waals surface area contributed by atoms with E-state index in [1.54, 1.807) is 6.07 Å². The highest BCUT2D eigenvalue weighted by molar-refractivity contribution is 5.95. The predicted molar refractivity (Wildman–Crippen MR) is 73.6 cm³/mol. The number of rotatable bonds is 2. The molecule has 0 aliphatic carbocycles. The Morgan fingerprint density at radius 1 is 1.40 bits per heavy atom. The number of H-pyrrole nitrogens is 1. The Kier molecular flexibility index (Phi) is 3.83. The quantitative estimate of drug-likeness (QED) is 0.864. The van der Waals surface area contributed by atoms with Crippen LogP contribution in [0.1, 0.15) is 56.2 Å². The van der Waals surface area contributed by atoms with E-state index in [2.05, 4.69) is 10.2 Å². The lowest BCUT2D eigenvalue weighted by atomic mass is 9.92. The van der Waals surface area contributed by atoms with Crippen LogP contribution in [0.5, 0.6) is 0 Å². The third-order valence-electron chi connectivity index (χ3n) is 3.65. The smallest absolute Gasteiger partial charge is 0.326 e. The summed E-state index contributed by atoms with van der Waals surface area (Å²) in [6.07, 6.45) is 2.19. The normalized spacial score (nSPS) is 19.9. The second-order valence-electron chi connectivity index (χ2n) is 6.27. The minimum absolute atomic E-state index is 0.125. The van der Waals surface area contributed by atoms with Crippen LogP contribution in [0.4, 0.5) is 0 Å². The van der Waals surface area contributed by atoms with E-state index in [4.69, 9.17) is 0 Å². The Labute approximate surface area is 118 Å². The van der Waals surface area contributed by atoms with Crippen LogP contribution in [-0.4, -0.2) is 44.7 Å². The third-order valence-corrected chi connectivity index (χ3v) is 3.65. The van der Waals surface area contributed by atoms with Gasteiger partial charge in [-0.05, 0) is 25.3 Å². The molecule has 110 valence electrons. The molecular formula is C14H21N3O3. The average Bonchev–Trinajstić information content (AvgIpc) is 2.87. The number of carboxylic acid groups (broad SMARTS) is 1. The number of hydrogen-bond acceptors (Lipinski definition) is 3. The zero-order valence-corrected chi connectivity index (χ0v) is 12.1. The maximum atomic E-state index is 12.4. The van der Waals surface area contributed by atoms with Gasteiger partial charge in [0.2, 0.25) is 0 Å². The van der Waals surface area contributed by atoms with Crippen molar-refractivity contribution in [3.05, 3.63) is 17.5 Å². The van der Waals surface area contributed by atoms with E-state index in [0.717, 1.165) is 18.5 Å². The second-order valence-corrected chi connectivity index (χ2v) is 6.27. The first-order chi connectivity index (χ1) is 9.30. The summed E-state index contributed by atoms with van der Waals surface area (Å²) in [6.45, 7) is 6.55. The molecule has 2 heterocycles. The van der Waals surface area contributed by atoms with Gasteiger partial charge in [0.25, 0.3) is 5.91 Å². The lowest BCUT2D eigenvalue weighted by Gasteiger charge is -2.32. The summed E-state index contributed by atoms with van der Waals surface area (Å²) in [4.78, 5) is 25.1. The van der Waals surface area contributed by atoms with Crippen molar-refractivity contribution in [2.45, 2.75) is 51.5 Å². The molecule has 1 aromatic heterocycles. The van der Waals surface area contributed by atoms with E-state index in [1.807, 2.05) is 20.8 Å². The molecule has 1 fully saturated rings. The Hall–Kier alpha value is -1.85. The number of carbonyl (C=O) groups is 2. The van der Waals surface area contributed by atoms with Gasteiger partial charge < -0.3 is 10.0 Å². The van der Waals surface area contributed by atoms with Crippen LogP contribution in [0.15, 0.2) is 6.07 Å². The van der Waals surface area contributed by atoms with Gasteiger partial charge in [-0.25, -0.2) is 4.79 Å². The molecule has 2 N–H and O–H groups in total. The molecule has 6 nitrogen and oxygen atoms in total. The summed E-state index contributed by atoms with van der Waals surface area (Å²) in [7, 11) is 0. The maximum Gasteiger partial charge on any atom is 0.326 e. The van der Waals surface area contributed by atoms with Crippen LogP contribution in [0.2, 0.25) is 0 Å². The van der Waals surface area contributed by atoms with Crippen molar-refractivity contribution < 1.29 is 14.7 Å². The fraction of sp³-hybridized carbons (Fsp3) is 0.643. The maximum absolute atomic E-state index is 12.4. The second kappa shape index (κ2) is 5.26. The van der Waals surface area contributed by atoms with Crippen molar-refractivity contribution in [1.29, 1.82) is 0 Å². The molecule has 1 aliphatic rings. The molecule has 0 bridgehead atoms. The van der Waals surface area contributed by atoms with Gasteiger partial charge in [-0.15, -0.1) is 0 Å². The molecule has 1 atom stereocenters. The number of amides is 1. The SMILES string of the molecule is CC(C)(C)c1cc(C(=O)N2CCCC[C@@H]2C(=O)O)n[nH]1. The fourth-order valence-corrected chi connectivity index (χ4v) is 2.39. The lowest BCUT2D eigenvalue weighted by Crippen LogP contribution is -2.48. The number of nitrogens with one attached hydrogen (secondary N) is 1. The first-order valence-electron chi connectivity index (χ1n) is 6.90. The summed E-state index contributed by atoms with van der Waals surface area (Å²) in [5.41, 5.74) is 1.03. The number of likely N-dealkylation sites (tertiary alicyclic amines) is 1. The Balaban J connectivity index is 2.21. The molecule has 1 aliphatic heterocycles. The van der Waals surface area contributed by atoms with Crippen molar-refractivity contribution >= 4 is 11.9 Å². The van der Waals surface area contributed by atoms with Gasteiger partial charge in [0.05, 0.1) is 0 Å². The van der Waals surface area contributed by atoms with E-state index in [1.165, 1.54) is 4.90 Å². The monoisotopic (exact) mass is 279 g/mol. The van der Waals surface area contributed by atoms with Gasteiger partial charge in [-0.1, -0.05) is 20.8 Å². The lowest BCUT2D eigenvalue weighted by molar-refractivity contribution is -0.143. The van der Waals surface area contributed by atoms with Gasteiger partial charge in [-0.2, -0.15) is 5.10 Å². The van der Waals surface area contributed by atoms with E-state index in [0.29, 0.717) is 18.7 Å². The van der Waals surface area contributed by atoms with Crippen molar-refractivity contribution in [1.82, 2.24) is 15.1 Å². The fourth-order valence-electron chi connectivity index (χ4n) is 2.39. The van der Waals surface area contributed by atoms with E-state index in [-0.39, 0.29) is 11.3 Å². The molecule has 6 heteroatoms. The summed E-state index contributed by atoms with van der Waals surface area (Å²) in [6, 6.07) is 0.988. The Morgan fingerprint density at radius 2 is 2.10 bits per heavy atom. The van der Waals surface area contributed by atoms with E-state index >= 15 is 0 Å². The number of aliphatic carboxylic acids is 1. The number of hydrogen-bond donors (Lipinski definition) is 2. The van der Waals surface area contributed by atoms with Crippen molar-refractivity contribution in [3.8, 4) is 0 Å². The molecule has 1 amide bonds. The summed E-state index contributed by atoms with van der Waals surface area (Å²) >= 11 is 0. The number of carbonyl (C=O) groups excluding carboxylic acids is 1. The van der Waals surface area contributed by atoms with Crippen molar-refractivity contribution in [3.63, 3.8) is 0 Å². The van der Waals surface area contributed by atoms with Gasteiger partial charge >= 0.3 is 5.97 Å². The molecule has 0 unspecified atom stereocenters. The molecule has 1 saturated heterocycles. The number of nitrogens with zero attached hydrogens (tertiary/aromatic N) is 2. The van der Waals surface area contributed by atoms with Crippen LogP contribution in [0, 0.1) is 0 Å². The summed E-state index contributed by atoms with van der Waals surface area (Å²) < 4.78 is 0. The molecule has 0 spiro atoms. The van der Waals surface area contributed by atoms with Crippen LogP contribution in [0.25, 0.3) is 0 Å². The minimum Gasteiger partial charge on any atom is -0.480 e. The highest BCUT2D eigenvalue weighted by atomic mass is 16.4. The third kappa shape index (κ3) is 2.84. The largest absolute Gasteiger partial charge is 0.480 e. The molecule has 20 heavy (non-hydrogen) atoms. The standard InChI is InChI=1S/C14H21N3O3/c1-14(2,3)11-8-9(15-16-11)12(18)17-7-5-4-6-10(17)13(19)20/h8,10H,4-7H2,1-3H3,(H,15,16)(H,19,20)/t10-/m1/s1. The highest BCUT2D eigenvalue weighted by Gasteiger charge is 2.33. The predicted octanol–water partition coefficient (Wildman–Crippen LogP) is 1.79. The van der Waals surface area contributed by atoms with Crippen LogP contribution in [0.3, 0.4) is 0 Å². The topological polar surface area (TPSA) is 86.3 Å². The number of piperidine rings is 1. The van der Waals surface area contributed by atoms with Gasteiger partial charge in [0.15, 0.2) is 0 Å². The zero-order chi connectivity index (χ0) is 14.9. The van der Waals surface area contributed by atoms with Gasteiger partial charge in [0, 0.05) is 17.7 Å². The molecule has 0 radical (unpaired) electrons. The Bertz CT molecular complexity index is 516. The van der Waals surface area contributed by atoms with Crippen LogP contribution >= 0.6 is 0 Å². The Morgan fingerprint density at radius 3 is 2.65 bits per heavy atom. The summed E-state index contributed by atoms with van der Waals surface area (Å²) in [5, 5.41) is 16.1. The van der Waals surface area contributed by atoms with E-state index in [9.17, 15) is 14.7 Å².